The molecule has 0 unspecified atom stereocenters. The molecule has 5 nitrogen and oxygen atoms in total. The summed E-state index contributed by atoms with van der Waals surface area (Å²) in [5.41, 5.74) is 1.79. The maximum atomic E-state index is 13.2. The standard InChI is InChI=1S/C19H17FN4O/c20-15-7-4-8-16(13-15)23-18(25)17-10-12-22-19(24-17)21-11-9-14-5-2-1-3-6-14/h1-8,10,12-13H,9,11H2,(H,23,25)(H,21,22,24). The van der Waals surface area contributed by atoms with Crippen molar-refractivity contribution in [3.63, 3.8) is 0 Å². The summed E-state index contributed by atoms with van der Waals surface area (Å²) >= 11 is 0. The first-order valence-corrected chi connectivity index (χ1v) is 7.88. The number of carbonyl (C=O) groups is 1. The van der Waals surface area contributed by atoms with Crippen LogP contribution in [0.3, 0.4) is 0 Å². The lowest BCUT2D eigenvalue weighted by Crippen LogP contribution is -2.16. The van der Waals surface area contributed by atoms with Gasteiger partial charge in [-0.05, 0) is 36.2 Å². The Morgan fingerprint density at radius 2 is 1.88 bits per heavy atom. The molecule has 6 heteroatoms. The van der Waals surface area contributed by atoms with Gasteiger partial charge in [0.25, 0.3) is 5.91 Å². The predicted molar refractivity (Wildman–Crippen MR) is 95.0 cm³/mol. The SMILES string of the molecule is O=C(Nc1cccc(F)c1)c1ccnc(NCCc2ccccc2)n1. The molecule has 1 heterocycles. The summed E-state index contributed by atoms with van der Waals surface area (Å²) < 4.78 is 13.2. The molecule has 0 spiro atoms. The number of halogens is 1. The van der Waals surface area contributed by atoms with Gasteiger partial charge in [-0.25, -0.2) is 14.4 Å². The van der Waals surface area contributed by atoms with Crippen LogP contribution in [0.4, 0.5) is 16.0 Å². The first-order valence-electron chi connectivity index (χ1n) is 7.88. The van der Waals surface area contributed by atoms with Crippen LogP contribution >= 0.6 is 0 Å². The molecule has 0 aliphatic rings. The molecule has 2 aromatic carbocycles. The third-order valence-electron chi connectivity index (χ3n) is 3.51. The lowest BCUT2D eigenvalue weighted by Gasteiger charge is -2.07. The van der Waals surface area contributed by atoms with E-state index >= 15 is 0 Å². The van der Waals surface area contributed by atoms with E-state index in [9.17, 15) is 9.18 Å². The van der Waals surface area contributed by atoms with Crippen molar-refractivity contribution in [3.05, 3.63) is 83.9 Å². The Morgan fingerprint density at radius 1 is 1.04 bits per heavy atom. The minimum absolute atomic E-state index is 0.210. The molecule has 3 aromatic rings. The Kier molecular flexibility index (Phi) is 5.31. The largest absolute Gasteiger partial charge is 0.354 e. The first-order chi connectivity index (χ1) is 12.2. The Labute approximate surface area is 145 Å². The van der Waals surface area contributed by atoms with Gasteiger partial charge in [-0.1, -0.05) is 36.4 Å². The van der Waals surface area contributed by atoms with Gasteiger partial charge in [0.15, 0.2) is 0 Å². The molecular weight excluding hydrogens is 319 g/mol. The molecule has 0 bridgehead atoms. The number of aromatic nitrogens is 2. The average Bonchev–Trinajstić information content (AvgIpc) is 2.63. The van der Waals surface area contributed by atoms with Gasteiger partial charge in [-0.3, -0.25) is 4.79 Å². The van der Waals surface area contributed by atoms with Gasteiger partial charge < -0.3 is 10.6 Å². The minimum Gasteiger partial charge on any atom is -0.354 e. The number of nitrogens with zero attached hydrogens (tertiary/aromatic N) is 2. The van der Waals surface area contributed by atoms with Crippen LogP contribution in [0.25, 0.3) is 0 Å². The Morgan fingerprint density at radius 3 is 2.68 bits per heavy atom. The van der Waals surface area contributed by atoms with Gasteiger partial charge in [-0.15, -0.1) is 0 Å². The van der Waals surface area contributed by atoms with E-state index in [1.165, 1.54) is 36.0 Å². The van der Waals surface area contributed by atoms with Crippen molar-refractivity contribution in [2.24, 2.45) is 0 Å². The van der Waals surface area contributed by atoms with Crippen LogP contribution in [-0.2, 0) is 6.42 Å². The molecule has 1 aromatic heterocycles. The van der Waals surface area contributed by atoms with Gasteiger partial charge >= 0.3 is 0 Å². The molecule has 0 fully saturated rings. The van der Waals surface area contributed by atoms with E-state index in [0.717, 1.165) is 6.42 Å². The zero-order chi connectivity index (χ0) is 17.5. The maximum Gasteiger partial charge on any atom is 0.274 e. The second-order valence-corrected chi connectivity index (χ2v) is 5.39. The van der Waals surface area contributed by atoms with Gasteiger partial charge in [0.1, 0.15) is 11.5 Å². The van der Waals surface area contributed by atoms with Crippen LogP contribution < -0.4 is 10.6 Å². The third-order valence-corrected chi connectivity index (χ3v) is 3.51. The number of nitrogens with one attached hydrogen (secondary N) is 2. The fourth-order valence-corrected chi connectivity index (χ4v) is 2.30. The average molecular weight is 336 g/mol. The number of hydrogen-bond acceptors (Lipinski definition) is 4. The highest BCUT2D eigenvalue weighted by molar-refractivity contribution is 6.02. The number of anilines is 2. The smallest absolute Gasteiger partial charge is 0.274 e. The zero-order valence-corrected chi connectivity index (χ0v) is 13.4. The van der Waals surface area contributed by atoms with Crippen LogP contribution in [0.15, 0.2) is 66.9 Å². The molecule has 0 atom stereocenters. The fraction of sp³-hybridized carbons (Fsp3) is 0.105. The third kappa shape index (κ3) is 4.84. The lowest BCUT2D eigenvalue weighted by molar-refractivity contribution is 0.102. The Balaban J connectivity index is 1.59. The summed E-state index contributed by atoms with van der Waals surface area (Å²) in [6, 6.07) is 17.3. The predicted octanol–water partition coefficient (Wildman–Crippen LogP) is 3.52. The molecule has 0 saturated heterocycles. The van der Waals surface area contributed by atoms with Gasteiger partial charge in [0, 0.05) is 18.4 Å². The monoisotopic (exact) mass is 336 g/mol. The van der Waals surface area contributed by atoms with Crippen molar-refractivity contribution in [1.82, 2.24) is 9.97 Å². The summed E-state index contributed by atoms with van der Waals surface area (Å²) in [5, 5.41) is 5.71. The van der Waals surface area contributed by atoms with Gasteiger partial charge in [-0.2, -0.15) is 0 Å². The summed E-state index contributed by atoms with van der Waals surface area (Å²) in [4.78, 5) is 20.5. The maximum absolute atomic E-state index is 13.2. The van der Waals surface area contributed by atoms with Crippen LogP contribution in [0.5, 0.6) is 0 Å². The van der Waals surface area contributed by atoms with Crippen molar-refractivity contribution >= 4 is 17.5 Å². The molecule has 0 aliphatic carbocycles. The van der Waals surface area contributed by atoms with E-state index in [1.807, 2.05) is 30.3 Å². The highest BCUT2D eigenvalue weighted by atomic mass is 19.1. The summed E-state index contributed by atoms with van der Waals surface area (Å²) in [6.45, 7) is 0.652. The molecule has 126 valence electrons. The van der Waals surface area contributed by atoms with E-state index in [4.69, 9.17) is 0 Å². The van der Waals surface area contributed by atoms with Crippen molar-refractivity contribution in [2.75, 3.05) is 17.2 Å². The van der Waals surface area contributed by atoms with E-state index in [2.05, 4.69) is 20.6 Å². The molecule has 2 N–H and O–H groups in total. The number of rotatable bonds is 6. The summed E-state index contributed by atoms with van der Waals surface area (Å²) in [6.07, 6.45) is 2.34. The normalized spacial score (nSPS) is 10.3. The van der Waals surface area contributed by atoms with Gasteiger partial charge in [0.05, 0.1) is 0 Å². The minimum atomic E-state index is -0.417. The number of amides is 1. The number of carbonyl (C=O) groups excluding carboxylic acids is 1. The van der Waals surface area contributed by atoms with Crippen molar-refractivity contribution in [3.8, 4) is 0 Å². The molecule has 25 heavy (non-hydrogen) atoms. The first kappa shape index (κ1) is 16.6. The molecule has 0 radical (unpaired) electrons. The number of hydrogen-bond donors (Lipinski definition) is 2. The van der Waals surface area contributed by atoms with Gasteiger partial charge in [0.2, 0.25) is 5.95 Å². The van der Waals surface area contributed by atoms with Crippen LogP contribution in [-0.4, -0.2) is 22.4 Å². The summed E-state index contributed by atoms with van der Waals surface area (Å²) in [7, 11) is 0. The highest BCUT2D eigenvalue weighted by Crippen LogP contribution is 2.11. The molecule has 0 aliphatic heterocycles. The number of benzene rings is 2. The highest BCUT2D eigenvalue weighted by Gasteiger charge is 2.09. The topological polar surface area (TPSA) is 66.9 Å². The Bertz CT molecular complexity index is 855. The fourth-order valence-electron chi connectivity index (χ4n) is 2.30. The van der Waals surface area contributed by atoms with Crippen molar-refractivity contribution in [2.45, 2.75) is 6.42 Å². The van der Waals surface area contributed by atoms with Crippen LogP contribution in [0, 0.1) is 5.82 Å². The molecular formula is C19H17FN4O. The van der Waals surface area contributed by atoms with Crippen molar-refractivity contribution < 1.29 is 9.18 Å². The quantitative estimate of drug-likeness (QED) is 0.723. The van der Waals surface area contributed by atoms with Crippen LogP contribution in [0.1, 0.15) is 16.1 Å². The van der Waals surface area contributed by atoms with E-state index < -0.39 is 11.7 Å². The van der Waals surface area contributed by atoms with Crippen LogP contribution in [0.2, 0.25) is 0 Å². The Hall–Kier alpha value is -3.28. The van der Waals surface area contributed by atoms with E-state index in [0.29, 0.717) is 18.2 Å². The summed E-state index contributed by atoms with van der Waals surface area (Å²) in [5.74, 6) is -0.453. The lowest BCUT2D eigenvalue weighted by atomic mass is 10.1. The second kappa shape index (κ2) is 8.01. The van der Waals surface area contributed by atoms with E-state index in [1.54, 1.807) is 6.07 Å². The molecule has 3 rings (SSSR count). The zero-order valence-electron chi connectivity index (χ0n) is 13.4. The van der Waals surface area contributed by atoms with Crippen molar-refractivity contribution in [1.29, 1.82) is 0 Å². The molecule has 0 saturated carbocycles. The second-order valence-electron chi connectivity index (χ2n) is 5.39. The van der Waals surface area contributed by atoms with E-state index in [-0.39, 0.29) is 5.69 Å². The molecule has 1 amide bonds.